The van der Waals surface area contributed by atoms with Crippen molar-refractivity contribution in [2.75, 3.05) is 19.6 Å². The van der Waals surface area contributed by atoms with E-state index in [0.29, 0.717) is 6.42 Å². The van der Waals surface area contributed by atoms with Gasteiger partial charge in [0.05, 0.1) is 5.41 Å². The van der Waals surface area contributed by atoms with Crippen LogP contribution in [-0.4, -0.2) is 41.9 Å². The van der Waals surface area contributed by atoms with E-state index in [-0.39, 0.29) is 6.04 Å². The lowest BCUT2D eigenvalue weighted by Gasteiger charge is -2.51. The maximum Gasteiger partial charge on any atom is 0.107 e. The Morgan fingerprint density at radius 2 is 1.31 bits per heavy atom. The van der Waals surface area contributed by atoms with Gasteiger partial charge in [0.1, 0.15) is 6.23 Å². The van der Waals surface area contributed by atoms with E-state index >= 15 is 0 Å². The third-order valence-corrected chi connectivity index (χ3v) is 6.22. The molecule has 29 heavy (non-hydrogen) atoms. The van der Waals surface area contributed by atoms with Crippen molar-refractivity contribution in [1.82, 2.24) is 10.2 Å². The Morgan fingerprint density at radius 3 is 1.72 bits per heavy atom. The Labute approximate surface area is 174 Å². The summed E-state index contributed by atoms with van der Waals surface area (Å²) in [5, 5.41) is 14.6. The Kier molecular flexibility index (Phi) is 6.10. The summed E-state index contributed by atoms with van der Waals surface area (Å²) >= 11 is 0. The number of nitrogens with zero attached hydrogens (tertiary/aromatic N) is 1. The molecule has 4 rings (SSSR count). The van der Waals surface area contributed by atoms with E-state index in [1.807, 2.05) is 0 Å². The van der Waals surface area contributed by atoms with E-state index in [4.69, 9.17) is 0 Å². The van der Waals surface area contributed by atoms with Gasteiger partial charge >= 0.3 is 0 Å². The molecule has 2 atom stereocenters. The first-order valence-electron chi connectivity index (χ1n) is 10.6. The maximum atomic E-state index is 11.0. The van der Waals surface area contributed by atoms with E-state index in [1.54, 1.807) is 0 Å². The third-order valence-electron chi connectivity index (χ3n) is 6.22. The zero-order valence-corrected chi connectivity index (χ0v) is 17.0. The molecule has 1 fully saturated rings. The van der Waals surface area contributed by atoms with E-state index in [2.05, 4.69) is 108 Å². The molecule has 0 aromatic heterocycles. The van der Waals surface area contributed by atoms with Gasteiger partial charge in [-0.15, -0.1) is 0 Å². The Bertz CT molecular complexity index is 786. The summed E-state index contributed by atoms with van der Waals surface area (Å²) in [5.41, 5.74) is 3.35. The predicted octanol–water partition coefficient (Wildman–Crippen LogP) is 4.02. The summed E-state index contributed by atoms with van der Waals surface area (Å²) < 4.78 is 0. The van der Waals surface area contributed by atoms with Crippen molar-refractivity contribution < 1.29 is 5.11 Å². The van der Waals surface area contributed by atoms with E-state index in [1.165, 1.54) is 16.7 Å². The van der Waals surface area contributed by atoms with Gasteiger partial charge in [-0.3, -0.25) is 4.90 Å². The lowest BCUT2D eigenvalue weighted by molar-refractivity contribution is -0.0497. The summed E-state index contributed by atoms with van der Waals surface area (Å²) in [4.78, 5) is 2.30. The zero-order chi connectivity index (χ0) is 20.1. The first-order valence-corrected chi connectivity index (χ1v) is 10.6. The van der Waals surface area contributed by atoms with Crippen LogP contribution in [0.3, 0.4) is 0 Å². The van der Waals surface area contributed by atoms with Gasteiger partial charge in [0.15, 0.2) is 0 Å². The average Bonchev–Trinajstić information content (AvgIpc) is 2.82. The minimum Gasteiger partial charge on any atom is -0.378 e. The second-order valence-corrected chi connectivity index (χ2v) is 7.75. The van der Waals surface area contributed by atoms with Crippen LogP contribution in [0.2, 0.25) is 0 Å². The van der Waals surface area contributed by atoms with Crippen LogP contribution in [0.4, 0.5) is 0 Å². The summed E-state index contributed by atoms with van der Waals surface area (Å²) in [6, 6.07) is 32.4. The molecular weight excluding hydrogens is 356 g/mol. The maximum absolute atomic E-state index is 11.0. The fourth-order valence-electron chi connectivity index (χ4n) is 4.89. The topological polar surface area (TPSA) is 35.5 Å². The first kappa shape index (κ1) is 19.8. The highest BCUT2D eigenvalue weighted by molar-refractivity contribution is 5.53. The average molecular weight is 387 g/mol. The molecule has 2 unspecified atom stereocenters. The second-order valence-electron chi connectivity index (χ2n) is 7.75. The van der Waals surface area contributed by atoms with Crippen LogP contribution in [0, 0.1) is 0 Å². The van der Waals surface area contributed by atoms with Crippen molar-refractivity contribution in [2.24, 2.45) is 0 Å². The van der Waals surface area contributed by atoms with Crippen molar-refractivity contribution in [3.05, 3.63) is 108 Å². The number of aliphatic hydroxyl groups excluding tert-OH is 1. The van der Waals surface area contributed by atoms with Crippen molar-refractivity contribution in [1.29, 1.82) is 0 Å². The van der Waals surface area contributed by atoms with Crippen LogP contribution in [0.25, 0.3) is 0 Å². The Hall–Kier alpha value is -2.46. The fraction of sp³-hybridized carbons (Fsp3) is 0.308. The molecule has 0 aliphatic carbocycles. The van der Waals surface area contributed by atoms with Crippen LogP contribution >= 0.6 is 0 Å². The standard InChI is InChI=1S/C26H30N2O/c1-2-25(29)28-19-18-27-20-24(28)26(21-12-6-3-7-13-21,22-14-8-4-9-15-22)23-16-10-5-11-17-23/h3-17,24-25,27,29H,2,18-20H2,1H3. The minimum atomic E-state index is -0.461. The zero-order valence-electron chi connectivity index (χ0n) is 17.0. The third kappa shape index (κ3) is 3.62. The molecule has 3 aromatic rings. The number of rotatable bonds is 6. The van der Waals surface area contributed by atoms with Crippen molar-refractivity contribution in [2.45, 2.75) is 31.0 Å². The molecule has 1 aliphatic heterocycles. The van der Waals surface area contributed by atoms with Gasteiger partial charge in [0.2, 0.25) is 0 Å². The normalized spacial score (nSPS) is 19.0. The van der Waals surface area contributed by atoms with Gasteiger partial charge in [-0.2, -0.15) is 0 Å². The smallest absolute Gasteiger partial charge is 0.107 e. The summed E-state index contributed by atoms with van der Waals surface area (Å²) in [7, 11) is 0. The van der Waals surface area contributed by atoms with Gasteiger partial charge in [-0.25, -0.2) is 0 Å². The lowest BCUT2D eigenvalue weighted by atomic mass is 9.63. The molecule has 1 heterocycles. The predicted molar refractivity (Wildman–Crippen MR) is 119 cm³/mol. The highest BCUT2D eigenvalue weighted by Crippen LogP contribution is 2.44. The van der Waals surface area contributed by atoms with Gasteiger partial charge in [0.25, 0.3) is 0 Å². The quantitative estimate of drug-likeness (QED) is 0.628. The Morgan fingerprint density at radius 1 is 0.862 bits per heavy atom. The van der Waals surface area contributed by atoms with Crippen LogP contribution in [0.15, 0.2) is 91.0 Å². The molecule has 3 nitrogen and oxygen atoms in total. The van der Waals surface area contributed by atoms with Gasteiger partial charge in [-0.05, 0) is 23.1 Å². The van der Waals surface area contributed by atoms with Crippen LogP contribution in [0.1, 0.15) is 30.0 Å². The first-order chi connectivity index (χ1) is 14.3. The number of hydrogen-bond donors (Lipinski definition) is 2. The molecule has 0 saturated carbocycles. The van der Waals surface area contributed by atoms with Crippen molar-refractivity contribution in [3.63, 3.8) is 0 Å². The fourth-order valence-corrected chi connectivity index (χ4v) is 4.89. The number of hydrogen-bond acceptors (Lipinski definition) is 3. The van der Waals surface area contributed by atoms with Crippen LogP contribution < -0.4 is 5.32 Å². The molecule has 3 aromatic carbocycles. The molecule has 1 saturated heterocycles. The molecule has 2 N–H and O–H groups in total. The molecule has 1 aliphatic rings. The highest BCUT2D eigenvalue weighted by atomic mass is 16.3. The number of nitrogens with one attached hydrogen (secondary N) is 1. The van der Waals surface area contributed by atoms with E-state index in [0.717, 1.165) is 19.6 Å². The molecule has 0 amide bonds. The monoisotopic (exact) mass is 386 g/mol. The van der Waals surface area contributed by atoms with Crippen molar-refractivity contribution >= 4 is 0 Å². The number of aliphatic hydroxyl groups is 1. The minimum absolute atomic E-state index is 0.0819. The molecule has 0 bridgehead atoms. The number of benzene rings is 3. The molecule has 0 spiro atoms. The van der Waals surface area contributed by atoms with Gasteiger partial charge in [0, 0.05) is 25.7 Å². The van der Waals surface area contributed by atoms with Crippen LogP contribution in [-0.2, 0) is 5.41 Å². The van der Waals surface area contributed by atoms with Crippen LogP contribution in [0.5, 0.6) is 0 Å². The van der Waals surface area contributed by atoms with E-state index in [9.17, 15) is 5.11 Å². The van der Waals surface area contributed by atoms with E-state index < -0.39 is 11.6 Å². The summed E-state index contributed by atoms with van der Waals surface area (Å²) in [6.07, 6.45) is 0.253. The molecule has 3 heteroatoms. The molecular formula is C26H30N2O. The summed E-state index contributed by atoms with van der Waals surface area (Å²) in [5.74, 6) is 0. The molecule has 150 valence electrons. The highest BCUT2D eigenvalue weighted by Gasteiger charge is 2.48. The van der Waals surface area contributed by atoms with Crippen molar-refractivity contribution in [3.8, 4) is 0 Å². The van der Waals surface area contributed by atoms with Gasteiger partial charge < -0.3 is 10.4 Å². The van der Waals surface area contributed by atoms with Gasteiger partial charge in [-0.1, -0.05) is 97.9 Å². The SMILES string of the molecule is CCC(O)N1CCNCC1C(c1ccccc1)(c1ccccc1)c1ccccc1. The lowest BCUT2D eigenvalue weighted by Crippen LogP contribution is -2.63. The Balaban J connectivity index is 2.02. The number of piperazine rings is 1. The summed E-state index contributed by atoms with van der Waals surface area (Å²) in [6.45, 7) is 4.59. The largest absolute Gasteiger partial charge is 0.378 e. The second kappa shape index (κ2) is 8.91. The molecule has 0 radical (unpaired) electrons.